The third kappa shape index (κ3) is 4.84. The molecule has 0 spiro atoms. The van der Waals surface area contributed by atoms with Gasteiger partial charge in [-0.05, 0) is 37.8 Å². The number of H-pyrrole nitrogens is 1. The van der Waals surface area contributed by atoms with Crippen molar-refractivity contribution in [3.63, 3.8) is 0 Å². The third-order valence-corrected chi connectivity index (χ3v) is 4.71. The molecule has 2 aromatic rings. The number of nitrogens with one attached hydrogen (secondary N) is 3. The van der Waals surface area contributed by atoms with Gasteiger partial charge in [-0.1, -0.05) is 26.2 Å². The quantitative estimate of drug-likeness (QED) is 0.553. The summed E-state index contributed by atoms with van der Waals surface area (Å²) in [4.78, 5) is 9.09. The number of hydrogen-bond acceptors (Lipinski definition) is 4. The van der Waals surface area contributed by atoms with Crippen LogP contribution in [0.15, 0.2) is 27.8 Å². The van der Waals surface area contributed by atoms with Gasteiger partial charge in [0.25, 0.3) is 0 Å². The van der Waals surface area contributed by atoms with Crippen LogP contribution in [0.1, 0.15) is 51.8 Å². The predicted octanol–water partition coefficient (Wildman–Crippen LogP) is 3.09. The lowest BCUT2D eigenvalue weighted by atomic mass is 9.84. The average Bonchev–Trinajstić information content (AvgIpc) is 3.31. The molecule has 7 nitrogen and oxygen atoms in total. The second-order valence-corrected chi connectivity index (χ2v) is 6.56. The van der Waals surface area contributed by atoms with Crippen LogP contribution in [0.4, 0.5) is 0 Å². The van der Waals surface area contributed by atoms with Gasteiger partial charge >= 0.3 is 0 Å². The predicted molar refractivity (Wildman–Crippen MR) is 98.1 cm³/mol. The molecule has 0 saturated heterocycles. The van der Waals surface area contributed by atoms with Crippen LogP contribution in [-0.4, -0.2) is 33.7 Å². The van der Waals surface area contributed by atoms with Crippen molar-refractivity contribution < 1.29 is 4.42 Å². The summed E-state index contributed by atoms with van der Waals surface area (Å²) in [5.74, 6) is 3.62. The second kappa shape index (κ2) is 8.69. The normalized spacial score (nSPS) is 21.3. The maximum absolute atomic E-state index is 5.31. The zero-order valence-corrected chi connectivity index (χ0v) is 15.1. The first-order chi connectivity index (χ1) is 12.3. The Morgan fingerprint density at radius 3 is 3.08 bits per heavy atom. The average molecular weight is 344 g/mol. The molecule has 0 radical (unpaired) electrons. The van der Waals surface area contributed by atoms with Crippen LogP contribution in [-0.2, 0) is 6.54 Å². The highest BCUT2D eigenvalue weighted by molar-refractivity contribution is 5.80. The van der Waals surface area contributed by atoms with Gasteiger partial charge in [0.15, 0.2) is 11.7 Å². The first-order valence-corrected chi connectivity index (χ1v) is 9.28. The lowest BCUT2D eigenvalue weighted by molar-refractivity contribution is 0.298. The smallest absolute Gasteiger partial charge is 0.216 e. The molecule has 3 rings (SSSR count). The third-order valence-electron chi connectivity index (χ3n) is 4.71. The van der Waals surface area contributed by atoms with Crippen molar-refractivity contribution in [1.82, 2.24) is 25.8 Å². The van der Waals surface area contributed by atoms with Crippen molar-refractivity contribution >= 4 is 5.96 Å². The summed E-state index contributed by atoms with van der Waals surface area (Å²) < 4.78 is 5.31. The minimum Gasteiger partial charge on any atom is -0.461 e. The van der Waals surface area contributed by atoms with Gasteiger partial charge in [-0.15, -0.1) is 5.10 Å². The molecule has 0 aliphatic heterocycles. The van der Waals surface area contributed by atoms with Crippen LogP contribution in [0.25, 0.3) is 11.6 Å². The van der Waals surface area contributed by atoms with Crippen LogP contribution >= 0.6 is 0 Å². The van der Waals surface area contributed by atoms with Gasteiger partial charge in [0.1, 0.15) is 12.4 Å². The van der Waals surface area contributed by atoms with Crippen LogP contribution in [0.3, 0.4) is 0 Å². The van der Waals surface area contributed by atoms with Crippen LogP contribution in [0, 0.1) is 5.92 Å². The maximum Gasteiger partial charge on any atom is 0.216 e. The number of furan rings is 1. The van der Waals surface area contributed by atoms with Gasteiger partial charge < -0.3 is 15.1 Å². The molecule has 1 aliphatic rings. The molecular formula is C18H28N6O. The van der Waals surface area contributed by atoms with E-state index in [1.807, 2.05) is 12.1 Å². The number of aromatic nitrogens is 3. The zero-order chi connectivity index (χ0) is 17.5. The monoisotopic (exact) mass is 344 g/mol. The number of aromatic amines is 1. The minimum atomic E-state index is 0.451. The molecule has 0 amide bonds. The first-order valence-electron chi connectivity index (χ1n) is 9.28. The van der Waals surface area contributed by atoms with Gasteiger partial charge in [-0.25, -0.2) is 9.98 Å². The summed E-state index contributed by atoms with van der Waals surface area (Å²) in [5, 5.41) is 14.0. The molecule has 136 valence electrons. The fourth-order valence-corrected chi connectivity index (χ4v) is 3.34. The largest absolute Gasteiger partial charge is 0.461 e. The van der Waals surface area contributed by atoms with Crippen molar-refractivity contribution in [2.75, 3.05) is 6.54 Å². The zero-order valence-electron chi connectivity index (χ0n) is 15.1. The fourth-order valence-electron chi connectivity index (χ4n) is 3.34. The number of guanidine groups is 1. The van der Waals surface area contributed by atoms with Gasteiger partial charge in [0.05, 0.1) is 6.26 Å². The standard InChI is InChI=1S/C18H28N6O/c1-3-13-7-5-8-14(11-13)21-18(19-4-2)20-12-16-22-17(24-23-16)15-9-6-10-25-15/h6,9-10,13-14H,3-5,7-8,11-12H2,1-2H3,(H2,19,20,21)(H,22,23,24). The van der Waals surface area contributed by atoms with E-state index in [0.29, 0.717) is 24.2 Å². The van der Waals surface area contributed by atoms with E-state index >= 15 is 0 Å². The number of nitrogens with zero attached hydrogens (tertiary/aromatic N) is 3. The Morgan fingerprint density at radius 1 is 1.40 bits per heavy atom. The Bertz CT molecular complexity index is 663. The van der Waals surface area contributed by atoms with E-state index in [1.165, 1.54) is 32.1 Å². The number of aliphatic imine (C=N–C) groups is 1. The number of rotatable bonds is 6. The molecule has 1 saturated carbocycles. The summed E-state index contributed by atoms with van der Waals surface area (Å²) in [6.07, 6.45) is 7.97. The highest BCUT2D eigenvalue weighted by atomic mass is 16.3. The van der Waals surface area contributed by atoms with Crippen LogP contribution in [0.5, 0.6) is 0 Å². The Hall–Kier alpha value is -2.31. The van der Waals surface area contributed by atoms with Gasteiger partial charge in [0, 0.05) is 12.6 Å². The van der Waals surface area contributed by atoms with E-state index in [0.717, 1.165) is 24.2 Å². The van der Waals surface area contributed by atoms with E-state index in [1.54, 1.807) is 6.26 Å². The molecule has 25 heavy (non-hydrogen) atoms. The minimum absolute atomic E-state index is 0.451. The lowest BCUT2D eigenvalue weighted by Gasteiger charge is -2.30. The summed E-state index contributed by atoms with van der Waals surface area (Å²) >= 11 is 0. The molecule has 1 aliphatic carbocycles. The molecule has 2 aromatic heterocycles. The van der Waals surface area contributed by atoms with Gasteiger partial charge in [-0.2, -0.15) is 0 Å². The van der Waals surface area contributed by atoms with Crippen molar-refractivity contribution in [1.29, 1.82) is 0 Å². The molecule has 0 aromatic carbocycles. The van der Waals surface area contributed by atoms with E-state index in [9.17, 15) is 0 Å². The van der Waals surface area contributed by atoms with Crippen molar-refractivity contribution in [2.45, 2.75) is 58.5 Å². The van der Waals surface area contributed by atoms with E-state index < -0.39 is 0 Å². The molecule has 0 bridgehead atoms. The van der Waals surface area contributed by atoms with Crippen molar-refractivity contribution in [3.8, 4) is 11.6 Å². The first kappa shape index (κ1) is 17.5. The molecule has 2 unspecified atom stereocenters. The highest BCUT2D eigenvalue weighted by Gasteiger charge is 2.21. The van der Waals surface area contributed by atoms with E-state index in [4.69, 9.17) is 4.42 Å². The topological polar surface area (TPSA) is 91.1 Å². The fraction of sp³-hybridized carbons (Fsp3) is 0.611. The number of hydrogen-bond donors (Lipinski definition) is 3. The van der Waals surface area contributed by atoms with E-state index in [-0.39, 0.29) is 0 Å². The second-order valence-electron chi connectivity index (χ2n) is 6.56. The lowest BCUT2D eigenvalue weighted by Crippen LogP contribution is -2.45. The van der Waals surface area contributed by atoms with Gasteiger partial charge in [-0.3, -0.25) is 5.10 Å². The molecule has 7 heteroatoms. The summed E-state index contributed by atoms with van der Waals surface area (Å²) in [6, 6.07) is 4.17. The Kier molecular flexibility index (Phi) is 6.09. The molecule has 1 fully saturated rings. The Morgan fingerprint density at radius 2 is 2.32 bits per heavy atom. The molecule has 3 N–H and O–H groups in total. The van der Waals surface area contributed by atoms with Crippen LogP contribution in [0.2, 0.25) is 0 Å². The maximum atomic E-state index is 5.31. The van der Waals surface area contributed by atoms with Crippen molar-refractivity contribution in [3.05, 3.63) is 24.2 Å². The highest BCUT2D eigenvalue weighted by Crippen LogP contribution is 2.26. The van der Waals surface area contributed by atoms with Gasteiger partial charge in [0.2, 0.25) is 5.82 Å². The summed E-state index contributed by atoms with van der Waals surface area (Å²) in [5.41, 5.74) is 0. The Balaban J connectivity index is 1.60. The summed E-state index contributed by atoms with van der Waals surface area (Å²) in [6.45, 7) is 5.65. The molecule has 2 atom stereocenters. The Labute approximate surface area is 148 Å². The van der Waals surface area contributed by atoms with Crippen LogP contribution < -0.4 is 10.6 Å². The molecular weight excluding hydrogens is 316 g/mol. The molecule has 2 heterocycles. The van der Waals surface area contributed by atoms with E-state index in [2.05, 4.69) is 44.7 Å². The SMILES string of the molecule is CCNC(=NCc1nc(-c2ccco2)n[nH]1)NC1CCCC(CC)C1. The van der Waals surface area contributed by atoms with Crippen molar-refractivity contribution in [2.24, 2.45) is 10.9 Å². The summed E-state index contributed by atoms with van der Waals surface area (Å²) in [7, 11) is 0.